The third kappa shape index (κ3) is 3.39. The number of hydrogen-bond donors (Lipinski definition) is 1. The van der Waals surface area contributed by atoms with E-state index in [4.69, 9.17) is 9.47 Å². The van der Waals surface area contributed by atoms with Crippen LogP contribution in [0.1, 0.15) is 37.6 Å². The van der Waals surface area contributed by atoms with Gasteiger partial charge in [0.15, 0.2) is 0 Å². The zero-order chi connectivity index (χ0) is 13.8. The Kier molecular flexibility index (Phi) is 4.59. The molecular formula is C14H21NO3. The highest BCUT2D eigenvalue weighted by molar-refractivity contribution is 5.97. The lowest BCUT2D eigenvalue weighted by Crippen LogP contribution is -2.42. The number of ether oxygens (including phenoxy) is 2. The Balaban J connectivity index is 3.03. The maximum Gasteiger partial charge on any atom is 0.255 e. The standard InChI is InChI=1S/C14H21NO3/c1-6-14(2,3)15-13(16)11-9-10(17-4)7-8-12(11)18-5/h7-9H,6H2,1-5H3,(H,15,16). The van der Waals surface area contributed by atoms with Crippen molar-refractivity contribution in [2.24, 2.45) is 0 Å². The number of amides is 1. The second-order valence-corrected chi connectivity index (χ2v) is 4.76. The van der Waals surface area contributed by atoms with Gasteiger partial charge < -0.3 is 14.8 Å². The minimum Gasteiger partial charge on any atom is -0.497 e. The van der Waals surface area contributed by atoms with Crippen LogP contribution in [-0.2, 0) is 0 Å². The SMILES string of the molecule is CCC(C)(C)NC(=O)c1cc(OC)ccc1OC. The van der Waals surface area contributed by atoms with E-state index in [0.29, 0.717) is 17.1 Å². The summed E-state index contributed by atoms with van der Waals surface area (Å²) in [4.78, 5) is 12.2. The molecule has 0 saturated carbocycles. The molecule has 0 aromatic heterocycles. The fourth-order valence-corrected chi connectivity index (χ4v) is 1.45. The fourth-order valence-electron chi connectivity index (χ4n) is 1.45. The van der Waals surface area contributed by atoms with E-state index in [-0.39, 0.29) is 11.4 Å². The van der Waals surface area contributed by atoms with Crippen LogP contribution in [0, 0.1) is 0 Å². The zero-order valence-corrected chi connectivity index (χ0v) is 11.7. The molecule has 0 aliphatic rings. The Morgan fingerprint density at radius 3 is 2.44 bits per heavy atom. The molecule has 18 heavy (non-hydrogen) atoms. The molecule has 0 bridgehead atoms. The lowest BCUT2D eigenvalue weighted by Gasteiger charge is -2.25. The maximum absolute atomic E-state index is 12.2. The second-order valence-electron chi connectivity index (χ2n) is 4.76. The monoisotopic (exact) mass is 251 g/mol. The lowest BCUT2D eigenvalue weighted by atomic mass is 10.0. The summed E-state index contributed by atoms with van der Waals surface area (Å²) in [5.41, 5.74) is 0.240. The molecule has 100 valence electrons. The van der Waals surface area contributed by atoms with Crippen molar-refractivity contribution < 1.29 is 14.3 Å². The van der Waals surface area contributed by atoms with E-state index in [2.05, 4.69) is 5.32 Å². The van der Waals surface area contributed by atoms with Crippen molar-refractivity contribution in [3.8, 4) is 11.5 Å². The van der Waals surface area contributed by atoms with E-state index >= 15 is 0 Å². The first kappa shape index (κ1) is 14.4. The first-order chi connectivity index (χ1) is 8.43. The molecule has 4 nitrogen and oxygen atoms in total. The highest BCUT2D eigenvalue weighted by atomic mass is 16.5. The molecule has 0 aliphatic heterocycles. The number of nitrogens with one attached hydrogen (secondary N) is 1. The van der Waals surface area contributed by atoms with Gasteiger partial charge in [-0.15, -0.1) is 0 Å². The van der Waals surface area contributed by atoms with Gasteiger partial charge in [-0.1, -0.05) is 6.92 Å². The zero-order valence-electron chi connectivity index (χ0n) is 11.7. The number of rotatable bonds is 5. The van der Waals surface area contributed by atoms with E-state index in [1.54, 1.807) is 32.4 Å². The molecule has 0 fully saturated rings. The molecule has 1 rings (SSSR count). The fraction of sp³-hybridized carbons (Fsp3) is 0.500. The Hall–Kier alpha value is -1.71. The number of carbonyl (C=O) groups is 1. The normalized spacial score (nSPS) is 10.9. The van der Waals surface area contributed by atoms with Crippen LogP contribution in [0.5, 0.6) is 11.5 Å². The summed E-state index contributed by atoms with van der Waals surface area (Å²) in [5.74, 6) is 1.02. The molecule has 1 aromatic carbocycles. The van der Waals surface area contributed by atoms with Gasteiger partial charge in [-0.25, -0.2) is 0 Å². The molecular weight excluding hydrogens is 230 g/mol. The Labute approximate surface area is 108 Å². The molecule has 0 unspecified atom stereocenters. The Bertz CT molecular complexity index is 427. The van der Waals surface area contributed by atoms with Crippen LogP contribution in [0.2, 0.25) is 0 Å². The average molecular weight is 251 g/mol. The van der Waals surface area contributed by atoms with Crippen LogP contribution in [0.15, 0.2) is 18.2 Å². The Morgan fingerprint density at radius 2 is 1.94 bits per heavy atom. The van der Waals surface area contributed by atoms with Crippen molar-refractivity contribution in [2.75, 3.05) is 14.2 Å². The summed E-state index contributed by atoms with van der Waals surface area (Å²) in [6.07, 6.45) is 0.852. The smallest absolute Gasteiger partial charge is 0.255 e. The van der Waals surface area contributed by atoms with Crippen molar-refractivity contribution in [1.29, 1.82) is 0 Å². The molecule has 4 heteroatoms. The highest BCUT2D eigenvalue weighted by Gasteiger charge is 2.21. The summed E-state index contributed by atoms with van der Waals surface area (Å²) >= 11 is 0. The predicted molar refractivity (Wildman–Crippen MR) is 71.4 cm³/mol. The summed E-state index contributed by atoms with van der Waals surface area (Å²) in [5, 5.41) is 2.97. The van der Waals surface area contributed by atoms with E-state index in [1.165, 1.54) is 0 Å². The Morgan fingerprint density at radius 1 is 1.28 bits per heavy atom. The van der Waals surface area contributed by atoms with Crippen molar-refractivity contribution in [3.05, 3.63) is 23.8 Å². The molecule has 1 aromatic rings. The van der Waals surface area contributed by atoms with Crippen LogP contribution >= 0.6 is 0 Å². The molecule has 1 N–H and O–H groups in total. The quantitative estimate of drug-likeness (QED) is 0.875. The number of benzene rings is 1. The largest absolute Gasteiger partial charge is 0.497 e. The average Bonchev–Trinajstić information content (AvgIpc) is 2.37. The summed E-state index contributed by atoms with van der Waals surface area (Å²) in [6, 6.07) is 5.17. The van der Waals surface area contributed by atoms with Crippen LogP contribution in [-0.4, -0.2) is 25.7 Å². The highest BCUT2D eigenvalue weighted by Crippen LogP contribution is 2.24. The first-order valence-electron chi connectivity index (χ1n) is 5.98. The minimum absolute atomic E-state index is 0.155. The van der Waals surface area contributed by atoms with Crippen LogP contribution in [0.25, 0.3) is 0 Å². The first-order valence-corrected chi connectivity index (χ1v) is 5.98. The van der Waals surface area contributed by atoms with E-state index in [1.807, 2.05) is 20.8 Å². The molecule has 0 atom stereocenters. The van der Waals surface area contributed by atoms with Crippen LogP contribution in [0.3, 0.4) is 0 Å². The lowest BCUT2D eigenvalue weighted by molar-refractivity contribution is 0.0908. The third-order valence-electron chi connectivity index (χ3n) is 2.99. The number of carbonyl (C=O) groups excluding carboxylic acids is 1. The minimum atomic E-state index is -0.245. The summed E-state index contributed by atoms with van der Waals surface area (Å²) < 4.78 is 10.3. The van der Waals surface area contributed by atoms with Crippen molar-refractivity contribution in [3.63, 3.8) is 0 Å². The van der Waals surface area contributed by atoms with Gasteiger partial charge >= 0.3 is 0 Å². The second kappa shape index (κ2) is 5.76. The van der Waals surface area contributed by atoms with Crippen LogP contribution < -0.4 is 14.8 Å². The molecule has 0 spiro atoms. The molecule has 1 amide bonds. The summed E-state index contributed by atoms with van der Waals surface area (Å²) in [6.45, 7) is 6.00. The van der Waals surface area contributed by atoms with Gasteiger partial charge in [0.1, 0.15) is 11.5 Å². The molecule has 0 radical (unpaired) electrons. The predicted octanol–water partition coefficient (Wildman–Crippen LogP) is 2.62. The molecule has 0 aliphatic carbocycles. The van der Waals surface area contributed by atoms with Gasteiger partial charge in [-0.2, -0.15) is 0 Å². The van der Waals surface area contributed by atoms with E-state index < -0.39 is 0 Å². The van der Waals surface area contributed by atoms with Crippen molar-refractivity contribution in [1.82, 2.24) is 5.32 Å². The maximum atomic E-state index is 12.2. The topological polar surface area (TPSA) is 47.6 Å². The van der Waals surface area contributed by atoms with Gasteiger partial charge in [0.25, 0.3) is 5.91 Å². The van der Waals surface area contributed by atoms with Gasteiger partial charge in [0.2, 0.25) is 0 Å². The molecule has 0 saturated heterocycles. The molecule has 0 heterocycles. The van der Waals surface area contributed by atoms with E-state index in [9.17, 15) is 4.79 Å². The number of hydrogen-bond acceptors (Lipinski definition) is 3. The van der Waals surface area contributed by atoms with Gasteiger partial charge in [0, 0.05) is 5.54 Å². The van der Waals surface area contributed by atoms with Crippen molar-refractivity contribution >= 4 is 5.91 Å². The van der Waals surface area contributed by atoms with Gasteiger partial charge in [-0.3, -0.25) is 4.79 Å². The van der Waals surface area contributed by atoms with Gasteiger partial charge in [0.05, 0.1) is 19.8 Å². The van der Waals surface area contributed by atoms with Gasteiger partial charge in [-0.05, 0) is 38.5 Å². The van der Waals surface area contributed by atoms with Crippen LogP contribution in [0.4, 0.5) is 0 Å². The van der Waals surface area contributed by atoms with E-state index in [0.717, 1.165) is 6.42 Å². The third-order valence-corrected chi connectivity index (χ3v) is 2.99. The number of methoxy groups -OCH3 is 2. The van der Waals surface area contributed by atoms with Crippen molar-refractivity contribution in [2.45, 2.75) is 32.7 Å². The summed E-state index contributed by atoms with van der Waals surface area (Å²) in [7, 11) is 3.11.